The predicted octanol–water partition coefficient (Wildman–Crippen LogP) is 5.29. The van der Waals surface area contributed by atoms with Crippen LogP contribution >= 0.6 is 0 Å². The molecular formula is C22H18N2O2. The van der Waals surface area contributed by atoms with Gasteiger partial charge in [-0.05, 0) is 42.0 Å². The fourth-order valence-corrected chi connectivity index (χ4v) is 2.77. The molecule has 0 amide bonds. The fraction of sp³-hybridized carbons (Fsp3) is 0.0909. The van der Waals surface area contributed by atoms with Crippen LogP contribution in [0.2, 0.25) is 0 Å². The summed E-state index contributed by atoms with van der Waals surface area (Å²) >= 11 is 0. The van der Waals surface area contributed by atoms with Gasteiger partial charge in [0.15, 0.2) is 11.7 Å². The zero-order chi connectivity index (χ0) is 17.8. The van der Waals surface area contributed by atoms with Crippen molar-refractivity contribution >= 4 is 0 Å². The van der Waals surface area contributed by atoms with Gasteiger partial charge in [0.05, 0.1) is 0 Å². The molecule has 4 rings (SSSR count). The van der Waals surface area contributed by atoms with Gasteiger partial charge in [-0.2, -0.15) is 0 Å². The number of hydrogen-bond donors (Lipinski definition) is 0. The van der Waals surface area contributed by atoms with E-state index in [9.17, 15) is 0 Å². The number of benzene rings is 2. The molecule has 2 aromatic carbocycles. The summed E-state index contributed by atoms with van der Waals surface area (Å²) in [6, 6.07) is 21.9. The van der Waals surface area contributed by atoms with E-state index in [1.165, 1.54) is 0 Å². The number of pyridine rings is 1. The lowest BCUT2D eigenvalue weighted by molar-refractivity contribution is 0.306. The highest BCUT2D eigenvalue weighted by Crippen LogP contribution is 2.33. The summed E-state index contributed by atoms with van der Waals surface area (Å²) in [5.74, 6) is 2.21. The van der Waals surface area contributed by atoms with Crippen molar-refractivity contribution < 1.29 is 9.15 Å². The van der Waals surface area contributed by atoms with Crippen LogP contribution < -0.4 is 4.74 Å². The van der Waals surface area contributed by atoms with E-state index in [1.54, 1.807) is 12.4 Å². The van der Waals surface area contributed by atoms with Crippen molar-refractivity contribution in [2.24, 2.45) is 0 Å². The molecule has 0 saturated heterocycles. The average Bonchev–Trinajstić information content (AvgIpc) is 3.10. The molecule has 0 fully saturated rings. The Labute approximate surface area is 152 Å². The Kier molecular flexibility index (Phi) is 4.48. The lowest BCUT2D eigenvalue weighted by atomic mass is 10.1. The molecule has 0 radical (unpaired) electrons. The first-order valence-corrected chi connectivity index (χ1v) is 8.44. The van der Waals surface area contributed by atoms with Crippen LogP contribution in [0.3, 0.4) is 0 Å². The number of rotatable bonds is 5. The third-order valence-corrected chi connectivity index (χ3v) is 4.05. The predicted molar refractivity (Wildman–Crippen MR) is 101 cm³/mol. The first-order chi connectivity index (χ1) is 12.8. The number of ether oxygens (including phenoxy) is 1. The van der Waals surface area contributed by atoms with Crippen LogP contribution in [-0.2, 0) is 6.61 Å². The molecule has 0 aliphatic heterocycles. The second-order valence-electron chi connectivity index (χ2n) is 5.95. The highest BCUT2D eigenvalue weighted by Gasteiger charge is 2.15. The van der Waals surface area contributed by atoms with Gasteiger partial charge in [-0.25, -0.2) is 4.98 Å². The Morgan fingerprint density at radius 1 is 0.846 bits per heavy atom. The maximum absolute atomic E-state index is 5.85. The average molecular weight is 342 g/mol. The van der Waals surface area contributed by atoms with Crippen molar-refractivity contribution in [1.29, 1.82) is 0 Å². The molecule has 128 valence electrons. The van der Waals surface area contributed by atoms with E-state index in [0.717, 1.165) is 33.9 Å². The number of nitrogens with zero attached hydrogens (tertiary/aromatic N) is 2. The van der Waals surface area contributed by atoms with Crippen LogP contribution in [0.1, 0.15) is 11.5 Å². The minimum absolute atomic E-state index is 0.547. The summed E-state index contributed by atoms with van der Waals surface area (Å²) in [5.41, 5.74) is 3.91. The van der Waals surface area contributed by atoms with Gasteiger partial charge in [0.25, 0.3) is 0 Å². The molecule has 4 nitrogen and oxygen atoms in total. The largest absolute Gasteiger partial charge is 0.489 e. The number of hydrogen-bond acceptors (Lipinski definition) is 4. The molecule has 26 heavy (non-hydrogen) atoms. The van der Waals surface area contributed by atoms with E-state index in [-0.39, 0.29) is 0 Å². The molecule has 4 aromatic rings. The Morgan fingerprint density at radius 3 is 2.31 bits per heavy atom. The van der Waals surface area contributed by atoms with Gasteiger partial charge in [-0.3, -0.25) is 4.98 Å². The van der Waals surface area contributed by atoms with Crippen molar-refractivity contribution in [1.82, 2.24) is 9.97 Å². The minimum Gasteiger partial charge on any atom is -0.489 e. The van der Waals surface area contributed by atoms with Crippen LogP contribution in [0, 0.1) is 6.92 Å². The van der Waals surface area contributed by atoms with E-state index in [4.69, 9.17) is 9.15 Å². The zero-order valence-electron chi connectivity index (χ0n) is 14.4. The van der Waals surface area contributed by atoms with E-state index in [1.807, 2.05) is 73.7 Å². The highest BCUT2D eigenvalue weighted by molar-refractivity contribution is 5.76. The Balaban J connectivity index is 1.56. The molecule has 0 spiro atoms. The zero-order valence-corrected chi connectivity index (χ0v) is 14.4. The normalized spacial score (nSPS) is 10.7. The second kappa shape index (κ2) is 7.23. The summed E-state index contributed by atoms with van der Waals surface area (Å²) in [4.78, 5) is 8.61. The van der Waals surface area contributed by atoms with Gasteiger partial charge in [0.2, 0.25) is 0 Å². The summed E-state index contributed by atoms with van der Waals surface area (Å²) in [7, 11) is 0. The molecule has 0 saturated carbocycles. The highest BCUT2D eigenvalue weighted by atomic mass is 16.5. The van der Waals surface area contributed by atoms with E-state index in [2.05, 4.69) is 9.97 Å². The van der Waals surface area contributed by atoms with E-state index in [0.29, 0.717) is 12.5 Å². The van der Waals surface area contributed by atoms with Crippen LogP contribution in [0.15, 0.2) is 83.5 Å². The molecule has 2 aromatic heterocycles. The molecule has 0 atom stereocenters. The van der Waals surface area contributed by atoms with Crippen molar-refractivity contribution in [3.8, 4) is 28.3 Å². The monoisotopic (exact) mass is 342 g/mol. The lowest BCUT2D eigenvalue weighted by Crippen LogP contribution is -1.94. The summed E-state index contributed by atoms with van der Waals surface area (Å²) in [6.07, 6.45) is 3.50. The van der Waals surface area contributed by atoms with Crippen LogP contribution in [0.25, 0.3) is 22.6 Å². The molecule has 0 aliphatic carbocycles. The topological polar surface area (TPSA) is 48.2 Å². The molecule has 2 heterocycles. The van der Waals surface area contributed by atoms with Gasteiger partial charge in [-0.1, -0.05) is 30.3 Å². The Hall–Kier alpha value is -3.40. The maximum Gasteiger partial charge on any atom is 0.192 e. The first-order valence-electron chi connectivity index (χ1n) is 8.44. The second-order valence-corrected chi connectivity index (χ2v) is 5.95. The first kappa shape index (κ1) is 16.1. The number of aromatic nitrogens is 2. The third kappa shape index (κ3) is 3.49. The minimum atomic E-state index is 0.547. The van der Waals surface area contributed by atoms with Gasteiger partial charge >= 0.3 is 0 Å². The summed E-state index contributed by atoms with van der Waals surface area (Å²) < 4.78 is 11.7. The molecule has 0 N–H and O–H groups in total. The van der Waals surface area contributed by atoms with Crippen molar-refractivity contribution in [2.45, 2.75) is 13.5 Å². The quantitative estimate of drug-likeness (QED) is 0.494. The Morgan fingerprint density at radius 2 is 1.58 bits per heavy atom. The van der Waals surface area contributed by atoms with Crippen LogP contribution in [0.5, 0.6) is 5.75 Å². The molecule has 0 aliphatic rings. The molecule has 4 heteroatoms. The van der Waals surface area contributed by atoms with Crippen molar-refractivity contribution in [3.63, 3.8) is 0 Å². The van der Waals surface area contributed by atoms with Gasteiger partial charge < -0.3 is 9.15 Å². The summed E-state index contributed by atoms with van der Waals surface area (Å²) in [6.45, 7) is 2.40. The molecule has 0 unspecified atom stereocenters. The van der Waals surface area contributed by atoms with Gasteiger partial charge in [0.1, 0.15) is 18.1 Å². The third-order valence-electron chi connectivity index (χ3n) is 4.05. The Bertz CT molecular complexity index is 978. The lowest BCUT2D eigenvalue weighted by Gasteiger charge is -2.07. The number of aryl methyl sites for hydroxylation is 1. The van der Waals surface area contributed by atoms with Crippen LogP contribution in [-0.4, -0.2) is 9.97 Å². The van der Waals surface area contributed by atoms with Gasteiger partial charge in [-0.15, -0.1) is 0 Å². The van der Waals surface area contributed by atoms with E-state index >= 15 is 0 Å². The fourth-order valence-electron chi connectivity index (χ4n) is 2.77. The molecular weight excluding hydrogens is 324 g/mol. The SMILES string of the molecule is Cc1nc(-c2ccc(OCc3ccccc3)cc2)c(-c2ccncc2)o1. The van der Waals surface area contributed by atoms with E-state index < -0.39 is 0 Å². The maximum atomic E-state index is 5.85. The summed E-state index contributed by atoms with van der Waals surface area (Å²) in [5, 5.41) is 0. The number of oxazole rings is 1. The van der Waals surface area contributed by atoms with Crippen molar-refractivity contribution in [2.75, 3.05) is 0 Å². The van der Waals surface area contributed by atoms with Crippen LogP contribution in [0.4, 0.5) is 0 Å². The smallest absolute Gasteiger partial charge is 0.192 e. The van der Waals surface area contributed by atoms with Crippen molar-refractivity contribution in [3.05, 3.63) is 90.6 Å². The standard InChI is InChI=1S/C22H18N2O2/c1-16-24-21(22(26-16)19-11-13-23-14-12-19)18-7-9-20(10-8-18)25-15-17-5-3-2-4-6-17/h2-14H,15H2,1H3. The molecule has 0 bridgehead atoms. The van der Waals surface area contributed by atoms with Gasteiger partial charge in [0, 0.05) is 30.4 Å².